The second-order valence-corrected chi connectivity index (χ2v) is 4.95. The first kappa shape index (κ1) is 14.8. The SMILES string of the molecule is O=C(NC(c1ccncc1)c1ccc(F)cc1)c1ccccn1. The van der Waals surface area contributed by atoms with E-state index in [-0.39, 0.29) is 11.7 Å². The van der Waals surface area contributed by atoms with Crippen LogP contribution in [0.15, 0.2) is 73.2 Å². The lowest BCUT2D eigenvalue weighted by atomic mass is 9.99. The summed E-state index contributed by atoms with van der Waals surface area (Å²) in [6.45, 7) is 0. The van der Waals surface area contributed by atoms with Gasteiger partial charge in [0.2, 0.25) is 0 Å². The third-order valence-electron chi connectivity index (χ3n) is 3.42. The lowest BCUT2D eigenvalue weighted by molar-refractivity contribution is 0.0938. The molecule has 1 unspecified atom stereocenters. The van der Waals surface area contributed by atoms with E-state index in [0.717, 1.165) is 11.1 Å². The average molecular weight is 307 g/mol. The van der Waals surface area contributed by atoms with Crippen molar-refractivity contribution in [3.63, 3.8) is 0 Å². The van der Waals surface area contributed by atoms with Crippen LogP contribution in [0.2, 0.25) is 0 Å². The number of carbonyl (C=O) groups excluding carboxylic acids is 1. The Labute approximate surface area is 133 Å². The van der Waals surface area contributed by atoms with Gasteiger partial charge < -0.3 is 5.32 Å². The van der Waals surface area contributed by atoms with Gasteiger partial charge in [-0.1, -0.05) is 18.2 Å². The predicted molar refractivity (Wildman–Crippen MR) is 84.2 cm³/mol. The van der Waals surface area contributed by atoms with E-state index in [1.807, 2.05) is 12.1 Å². The largest absolute Gasteiger partial charge is 0.340 e. The van der Waals surface area contributed by atoms with Crippen molar-refractivity contribution in [2.24, 2.45) is 0 Å². The van der Waals surface area contributed by atoms with Crippen LogP contribution in [0.4, 0.5) is 4.39 Å². The fourth-order valence-electron chi connectivity index (χ4n) is 2.27. The number of benzene rings is 1. The smallest absolute Gasteiger partial charge is 0.270 e. The third kappa shape index (κ3) is 3.58. The van der Waals surface area contributed by atoms with E-state index in [0.29, 0.717) is 5.69 Å². The highest BCUT2D eigenvalue weighted by Gasteiger charge is 2.18. The molecule has 0 spiro atoms. The summed E-state index contributed by atoms with van der Waals surface area (Å²) in [4.78, 5) is 20.4. The summed E-state index contributed by atoms with van der Waals surface area (Å²) in [5.74, 6) is -0.616. The molecule has 0 aliphatic heterocycles. The number of rotatable bonds is 4. The molecule has 114 valence electrons. The first-order valence-corrected chi connectivity index (χ1v) is 7.11. The molecule has 0 saturated heterocycles. The molecular weight excluding hydrogens is 293 g/mol. The number of nitrogens with one attached hydrogen (secondary N) is 1. The maximum absolute atomic E-state index is 13.2. The molecule has 1 aromatic carbocycles. The average Bonchev–Trinajstić information content (AvgIpc) is 2.62. The summed E-state index contributed by atoms with van der Waals surface area (Å²) in [6.07, 6.45) is 4.87. The molecule has 2 heterocycles. The second kappa shape index (κ2) is 6.79. The number of aromatic nitrogens is 2. The Balaban J connectivity index is 1.93. The van der Waals surface area contributed by atoms with Gasteiger partial charge in [0.1, 0.15) is 11.5 Å². The van der Waals surface area contributed by atoms with E-state index in [1.165, 1.54) is 12.1 Å². The normalized spacial score (nSPS) is 11.7. The highest BCUT2D eigenvalue weighted by atomic mass is 19.1. The molecule has 1 N–H and O–H groups in total. The monoisotopic (exact) mass is 307 g/mol. The topological polar surface area (TPSA) is 54.9 Å². The summed E-state index contributed by atoms with van der Waals surface area (Å²) >= 11 is 0. The number of nitrogens with zero attached hydrogens (tertiary/aromatic N) is 2. The van der Waals surface area contributed by atoms with Crippen molar-refractivity contribution in [3.05, 3.63) is 95.8 Å². The van der Waals surface area contributed by atoms with Crippen molar-refractivity contribution >= 4 is 5.91 Å². The van der Waals surface area contributed by atoms with Gasteiger partial charge in [0.25, 0.3) is 5.91 Å². The molecule has 3 aromatic rings. The molecule has 3 rings (SSSR count). The van der Waals surface area contributed by atoms with Crippen LogP contribution in [0, 0.1) is 5.82 Å². The molecule has 1 atom stereocenters. The van der Waals surface area contributed by atoms with E-state index in [4.69, 9.17) is 0 Å². The van der Waals surface area contributed by atoms with Crippen LogP contribution in [0.25, 0.3) is 0 Å². The van der Waals surface area contributed by atoms with E-state index < -0.39 is 6.04 Å². The van der Waals surface area contributed by atoms with Crippen molar-refractivity contribution in [1.29, 1.82) is 0 Å². The first-order valence-electron chi connectivity index (χ1n) is 7.11. The van der Waals surface area contributed by atoms with E-state index in [2.05, 4.69) is 15.3 Å². The Morgan fingerprint density at radius 1 is 0.913 bits per heavy atom. The van der Waals surface area contributed by atoms with Crippen LogP contribution in [-0.4, -0.2) is 15.9 Å². The van der Waals surface area contributed by atoms with Gasteiger partial charge in [0, 0.05) is 18.6 Å². The molecular formula is C18H14FN3O. The summed E-state index contributed by atoms with van der Waals surface area (Å²) in [7, 11) is 0. The van der Waals surface area contributed by atoms with Gasteiger partial charge in [0.15, 0.2) is 0 Å². The number of hydrogen-bond donors (Lipinski definition) is 1. The summed E-state index contributed by atoms with van der Waals surface area (Å²) in [5.41, 5.74) is 1.96. The van der Waals surface area contributed by atoms with Gasteiger partial charge in [-0.05, 0) is 47.5 Å². The summed E-state index contributed by atoms with van der Waals surface area (Å²) < 4.78 is 13.2. The van der Waals surface area contributed by atoms with E-state index in [9.17, 15) is 9.18 Å². The number of amides is 1. The van der Waals surface area contributed by atoms with Crippen molar-refractivity contribution in [3.8, 4) is 0 Å². The van der Waals surface area contributed by atoms with Crippen LogP contribution in [0.5, 0.6) is 0 Å². The Morgan fingerprint density at radius 3 is 2.26 bits per heavy atom. The van der Waals surface area contributed by atoms with Crippen LogP contribution in [-0.2, 0) is 0 Å². The molecule has 0 aliphatic carbocycles. The molecule has 5 heteroatoms. The molecule has 4 nitrogen and oxygen atoms in total. The molecule has 0 radical (unpaired) electrons. The number of pyridine rings is 2. The Bertz CT molecular complexity index is 776. The van der Waals surface area contributed by atoms with Crippen LogP contribution in [0.3, 0.4) is 0 Å². The van der Waals surface area contributed by atoms with E-state index >= 15 is 0 Å². The van der Waals surface area contributed by atoms with Gasteiger partial charge in [0.05, 0.1) is 6.04 Å². The molecule has 23 heavy (non-hydrogen) atoms. The standard InChI is InChI=1S/C18H14FN3O/c19-15-6-4-13(5-7-15)17(14-8-11-20-12-9-14)22-18(23)16-3-1-2-10-21-16/h1-12,17H,(H,22,23). The number of halogens is 1. The lowest BCUT2D eigenvalue weighted by Gasteiger charge is -2.19. The minimum absolute atomic E-state index is 0.295. The Morgan fingerprint density at radius 2 is 1.61 bits per heavy atom. The lowest BCUT2D eigenvalue weighted by Crippen LogP contribution is -2.30. The van der Waals surface area contributed by atoms with Crippen molar-refractivity contribution < 1.29 is 9.18 Å². The number of carbonyl (C=O) groups is 1. The molecule has 1 amide bonds. The maximum atomic E-state index is 13.2. The van der Waals surface area contributed by atoms with Crippen LogP contribution < -0.4 is 5.32 Å². The van der Waals surface area contributed by atoms with Gasteiger partial charge in [-0.3, -0.25) is 14.8 Å². The summed E-state index contributed by atoms with van der Waals surface area (Å²) in [5, 5.41) is 2.93. The van der Waals surface area contributed by atoms with Crippen LogP contribution in [0.1, 0.15) is 27.7 Å². The molecule has 0 saturated carbocycles. The van der Waals surface area contributed by atoms with Gasteiger partial charge in [-0.2, -0.15) is 0 Å². The fourth-order valence-corrected chi connectivity index (χ4v) is 2.27. The van der Waals surface area contributed by atoms with E-state index in [1.54, 1.807) is 48.9 Å². The van der Waals surface area contributed by atoms with Gasteiger partial charge in [-0.25, -0.2) is 4.39 Å². The predicted octanol–water partition coefficient (Wildman–Crippen LogP) is 3.14. The molecule has 0 fully saturated rings. The molecule has 0 aliphatic rings. The number of hydrogen-bond acceptors (Lipinski definition) is 3. The second-order valence-electron chi connectivity index (χ2n) is 4.95. The van der Waals surface area contributed by atoms with Gasteiger partial charge in [-0.15, -0.1) is 0 Å². The zero-order valence-electron chi connectivity index (χ0n) is 12.2. The fraction of sp³-hybridized carbons (Fsp3) is 0.0556. The minimum Gasteiger partial charge on any atom is -0.340 e. The van der Waals surface area contributed by atoms with Crippen molar-refractivity contribution in [2.75, 3.05) is 0 Å². The zero-order valence-corrected chi connectivity index (χ0v) is 12.2. The Hall–Kier alpha value is -3.08. The Kier molecular flexibility index (Phi) is 4.38. The third-order valence-corrected chi connectivity index (χ3v) is 3.42. The minimum atomic E-state index is -0.409. The molecule has 0 bridgehead atoms. The highest BCUT2D eigenvalue weighted by molar-refractivity contribution is 5.92. The quantitative estimate of drug-likeness (QED) is 0.805. The molecule has 2 aromatic heterocycles. The first-order chi connectivity index (χ1) is 11.2. The van der Waals surface area contributed by atoms with Crippen molar-refractivity contribution in [1.82, 2.24) is 15.3 Å². The van der Waals surface area contributed by atoms with Crippen molar-refractivity contribution in [2.45, 2.75) is 6.04 Å². The van der Waals surface area contributed by atoms with Crippen LogP contribution >= 0.6 is 0 Å². The van der Waals surface area contributed by atoms with Gasteiger partial charge >= 0.3 is 0 Å². The highest BCUT2D eigenvalue weighted by Crippen LogP contribution is 2.22. The summed E-state index contributed by atoms with van der Waals surface area (Å²) in [6, 6.07) is 14.4. The maximum Gasteiger partial charge on any atom is 0.270 e. The zero-order chi connectivity index (χ0) is 16.1.